The molecule has 0 amide bonds. The minimum absolute atomic E-state index is 0.186. The van der Waals surface area contributed by atoms with Gasteiger partial charge in [0.2, 0.25) is 0 Å². The molecule has 0 saturated carbocycles. The number of benzene rings is 2. The Labute approximate surface area is 130 Å². The first kappa shape index (κ1) is 13.3. The number of nitrogens with one attached hydrogen (secondary N) is 2. The van der Waals surface area contributed by atoms with Gasteiger partial charge in [-0.25, -0.2) is 4.79 Å². The topological polar surface area (TPSA) is 85.9 Å². The lowest BCUT2D eigenvalue weighted by molar-refractivity contribution is 0.0697. The number of aromatic carboxylic acids is 1. The zero-order valence-corrected chi connectivity index (χ0v) is 12.0. The molecule has 2 heterocycles. The molecule has 0 atom stereocenters. The van der Waals surface area contributed by atoms with Crippen LogP contribution in [0.2, 0.25) is 0 Å². The molecule has 0 aliphatic carbocycles. The molecular formula is C18H12N2O3. The maximum Gasteiger partial charge on any atom is 0.335 e. The van der Waals surface area contributed by atoms with E-state index in [1.54, 1.807) is 18.2 Å². The number of carboxylic acid groups (broad SMARTS) is 1. The molecule has 0 radical (unpaired) electrons. The lowest BCUT2D eigenvalue weighted by atomic mass is 10.1. The average molecular weight is 304 g/mol. The highest BCUT2D eigenvalue weighted by atomic mass is 16.4. The molecule has 2 aromatic carbocycles. The molecular weight excluding hydrogens is 292 g/mol. The molecule has 0 aliphatic rings. The number of hydrogen-bond acceptors (Lipinski definition) is 2. The van der Waals surface area contributed by atoms with E-state index in [-0.39, 0.29) is 11.1 Å². The van der Waals surface area contributed by atoms with Crippen LogP contribution in [0.5, 0.6) is 0 Å². The van der Waals surface area contributed by atoms with Crippen LogP contribution in [0.1, 0.15) is 10.4 Å². The molecule has 0 fully saturated rings. The number of para-hydroxylation sites is 1. The summed E-state index contributed by atoms with van der Waals surface area (Å²) in [5, 5.41) is 10.8. The maximum absolute atomic E-state index is 12.3. The summed E-state index contributed by atoms with van der Waals surface area (Å²) in [6.07, 6.45) is 0. The summed E-state index contributed by atoms with van der Waals surface area (Å²) in [7, 11) is 0. The Morgan fingerprint density at radius 1 is 0.870 bits per heavy atom. The summed E-state index contributed by atoms with van der Waals surface area (Å²) >= 11 is 0. The third kappa shape index (κ3) is 2.19. The molecule has 5 heteroatoms. The third-order valence-corrected chi connectivity index (χ3v) is 3.91. The fraction of sp³-hybridized carbons (Fsp3) is 0. The molecule has 23 heavy (non-hydrogen) atoms. The van der Waals surface area contributed by atoms with Crippen LogP contribution < -0.4 is 5.56 Å². The largest absolute Gasteiger partial charge is 0.478 e. The van der Waals surface area contributed by atoms with E-state index in [1.165, 1.54) is 6.07 Å². The van der Waals surface area contributed by atoms with Gasteiger partial charge < -0.3 is 15.1 Å². The molecule has 3 N–H and O–H groups in total. The molecule has 0 aliphatic heterocycles. The Kier molecular flexibility index (Phi) is 2.81. The molecule has 112 valence electrons. The zero-order chi connectivity index (χ0) is 16.0. The van der Waals surface area contributed by atoms with Gasteiger partial charge in [-0.2, -0.15) is 0 Å². The lowest BCUT2D eigenvalue weighted by Gasteiger charge is -2.01. The van der Waals surface area contributed by atoms with Crippen molar-refractivity contribution >= 4 is 27.8 Å². The second-order valence-electron chi connectivity index (χ2n) is 5.39. The van der Waals surface area contributed by atoms with Crippen LogP contribution >= 0.6 is 0 Å². The predicted molar refractivity (Wildman–Crippen MR) is 88.8 cm³/mol. The SMILES string of the molecule is O=C(O)c1ccc2[nH]c(-c3cc4ccccc4[nH]c3=O)cc2c1. The summed E-state index contributed by atoms with van der Waals surface area (Å²) in [6, 6.07) is 16.0. The maximum atomic E-state index is 12.3. The van der Waals surface area contributed by atoms with Gasteiger partial charge in [-0.1, -0.05) is 18.2 Å². The van der Waals surface area contributed by atoms with Crippen molar-refractivity contribution in [3.63, 3.8) is 0 Å². The first-order valence-corrected chi connectivity index (χ1v) is 7.10. The van der Waals surface area contributed by atoms with Gasteiger partial charge >= 0.3 is 5.97 Å². The molecule has 4 aromatic rings. The minimum Gasteiger partial charge on any atom is -0.478 e. The lowest BCUT2D eigenvalue weighted by Crippen LogP contribution is -2.08. The summed E-state index contributed by atoms with van der Waals surface area (Å²) in [5.74, 6) is -0.974. The normalized spacial score (nSPS) is 11.1. The summed E-state index contributed by atoms with van der Waals surface area (Å²) in [4.78, 5) is 29.4. The van der Waals surface area contributed by atoms with E-state index >= 15 is 0 Å². The van der Waals surface area contributed by atoms with Crippen molar-refractivity contribution in [2.24, 2.45) is 0 Å². The zero-order valence-electron chi connectivity index (χ0n) is 12.0. The first-order chi connectivity index (χ1) is 11.1. The van der Waals surface area contributed by atoms with Crippen LogP contribution in [-0.2, 0) is 0 Å². The van der Waals surface area contributed by atoms with E-state index in [0.717, 1.165) is 21.8 Å². The average Bonchev–Trinajstić information content (AvgIpc) is 2.96. The van der Waals surface area contributed by atoms with Crippen LogP contribution in [0.4, 0.5) is 0 Å². The van der Waals surface area contributed by atoms with Crippen molar-refractivity contribution in [1.29, 1.82) is 0 Å². The fourth-order valence-corrected chi connectivity index (χ4v) is 2.76. The van der Waals surface area contributed by atoms with E-state index in [2.05, 4.69) is 9.97 Å². The Hall–Kier alpha value is -3.34. The van der Waals surface area contributed by atoms with Crippen LogP contribution in [-0.4, -0.2) is 21.0 Å². The third-order valence-electron chi connectivity index (χ3n) is 3.91. The van der Waals surface area contributed by atoms with Crippen molar-refractivity contribution in [3.05, 3.63) is 70.5 Å². The molecule has 0 bridgehead atoms. The van der Waals surface area contributed by atoms with E-state index in [4.69, 9.17) is 5.11 Å². The number of carbonyl (C=O) groups is 1. The monoisotopic (exact) mass is 304 g/mol. The van der Waals surface area contributed by atoms with Gasteiger partial charge in [0.25, 0.3) is 5.56 Å². The van der Waals surface area contributed by atoms with E-state index in [1.807, 2.05) is 30.3 Å². The van der Waals surface area contributed by atoms with Crippen molar-refractivity contribution < 1.29 is 9.90 Å². The van der Waals surface area contributed by atoms with Gasteiger partial charge in [-0.3, -0.25) is 4.79 Å². The van der Waals surface area contributed by atoms with Gasteiger partial charge in [0, 0.05) is 16.4 Å². The van der Waals surface area contributed by atoms with Crippen LogP contribution in [0.15, 0.2) is 59.4 Å². The molecule has 0 saturated heterocycles. The Balaban J connectivity index is 1.93. The number of aromatic amines is 2. The summed E-state index contributed by atoms with van der Waals surface area (Å²) < 4.78 is 0. The van der Waals surface area contributed by atoms with E-state index in [9.17, 15) is 9.59 Å². The second-order valence-corrected chi connectivity index (χ2v) is 5.39. The highest BCUT2D eigenvalue weighted by Gasteiger charge is 2.10. The minimum atomic E-state index is -0.974. The number of pyridine rings is 1. The first-order valence-electron chi connectivity index (χ1n) is 7.10. The van der Waals surface area contributed by atoms with Gasteiger partial charge in [-0.15, -0.1) is 0 Å². The van der Waals surface area contributed by atoms with Crippen LogP contribution in [0.3, 0.4) is 0 Å². The Bertz CT molecular complexity index is 1120. The van der Waals surface area contributed by atoms with Crippen LogP contribution in [0.25, 0.3) is 33.1 Å². The molecule has 2 aromatic heterocycles. The van der Waals surface area contributed by atoms with E-state index < -0.39 is 5.97 Å². The smallest absolute Gasteiger partial charge is 0.335 e. The van der Waals surface area contributed by atoms with Gasteiger partial charge in [0.05, 0.1) is 16.8 Å². The fourth-order valence-electron chi connectivity index (χ4n) is 2.76. The second kappa shape index (κ2) is 4.84. The van der Waals surface area contributed by atoms with Gasteiger partial charge in [0.1, 0.15) is 0 Å². The number of hydrogen-bond donors (Lipinski definition) is 3. The number of H-pyrrole nitrogens is 2. The van der Waals surface area contributed by atoms with Crippen molar-refractivity contribution in [2.45, 2.75) is 0 Å². The standard InChI is InChI=1S/C18H12N2O3/c21-17-13(8-10-3-1-2-4-14(10)20-17)16-9-12-7-11(18(22)23)5-6-15(12)19-16/h1-9,19H,(H,20,21)(H,22,23). The van der Waals surface area contributed by atoms with Gasteiger partial charge in [-0.05, 0) is 41.8 Å². The molecule has 4 rings (SSSR count). The Morgan fingerprint density at radius 3 is 2.48 bits per heavy atom. The highest BCUT2D eigenvalue weighted by molar-refractivity contribution is 5.95. The van der Waals surface area contributed by atoms with Gasteiger partial charge in [0.15, 0.2) is 0 Å². The number of rotatable bonds is 2. The van der Waals surface area contributed by atoms with E-state index in [0.29, 0.717) is 11.3 Å². The van der Waals surface area contributed by atoms with Crippen LogP contribution in [0, 0.1) is 0 Å². The number of carboxylic acids is 1. The predicted octanol–water partition coefficient (Wildman–Crippen LogP) is 3.37. The summed E-state index contributed by atoms with van der Waals surface area (Å²) in [6.45, 7) is 0. The van der Waals surface area contributed by atoms with Crippen molar-refractivity contribution in [3.8, 4) is 11.3 Å². The molecule has 0 unspecified atom stereocenters. The number of fused-ring (bicyclic) bond motifs is 2. The summed E-state index contributed by atoms with van der Waals surface area (Å²) in [5.41, 5.74) is 2.79. The molecule has 0 spiro atoms. The molecule has 5 nitrogen and oxygen atoms in total. The quantitative estimate of drug-likeness (QED) is 0.530. The Morgan fingerprint density at radius 2 is 1.65 bits per heavy atom. The highest BCUT2D eigenvalue weighted by Crippen LogP contribution is 2.24. The van der Waals surface area contributed by atoms with Crippen molar-refractivity contribution in [1.82, 2.24) is 9.97 Å². The number of aromatic nitrogens is 2. The van der Waals surface area contributed by atoms with Crippen molar-refractivity contribution in [2.75, 3.05) is 0 Å².